The minimum Gasteiger partial charge on any atom is -0.381 e. The molecule has 0 aromatic heterocycles. The van der Waals surface area contributed by atoms with Gasteiger partial charge in [-0.05, 0) is 32.9 Å². The Kier molecular flexibility index (Phi) is 3.30. The molecule has 3 heteroatoms. The zero-order valence-electron chi connectivity index (χ0n) is 7.42. The molecule has 3 nitrogen and oxygen atoms in total. The molecule has 0 spiro atoms. The lowest BCUT2D eigenvalue weighted by atomic mass is 9.97. The van der Waals surface area contributed by atoms with Crippen molar-refractivity contribution >= 4 is 0 Å². The number of hydrogen-bond acceptors (Lipinski definition) is 3. The highest BCUT2D eigenvalue weighted by Crippen LogP contribution is 2.18. The first-order valence-corrected chi connectivity index (χ1v) is 4.21. The Bertz CT molecular complexity index is 111. The summed E-state index contributed by atoms with van der Waals surface area (Å²) in [4.78, 5) is 2.08. The van der Waals surface area contributed by atoms with Gasteiger partial charge in [-0.2, -0.15) is 0 Å². The fourth-order valence-electron chi connectivity index (χ4n) is 1.48. The van der Waals surface area contributed by atoms with Crippen LogP contribution in [-0.2, 0) is 4.74 Å². The Morgan fingerprint density at radius 1 is 1.36 bits per heavy atom. The average molecular weight is 158 g/mol. The van der Waals surface area contributed by atoms with Gasteiger partial charge in [0.15, 0.2) is 0 Å². The molecule has 66 valence electrons. The molecule has 1 aliphatic rings. The predicted octanol–water partition coefficient (Wildman–Crippen LogP) is 0.259. The van der Waals surface area contributed by atoms with Gasteiger partial charge in [0.1, 0.15) is 0 Å². The van der Waals surface area contributed by atoms with Crippen LogP contribution < -0.4 is 5.73 Å². The first-order valence-electron chi connectivity index (χ1n) is 4.21. The van der Waals surface area contributed by atoms with Crippen LogP contribution in [0.25, 0.3) is 0 Å². The number of ether oxygens (including phenoxy) is 1. The predicted molar refractivity (Wildman–Crippen MR) is 45.2 cm³/mol. The molecular formula is C8H18N2O. The Balaban J connectivity index is 2.32. The summed E-state index contributed by atoms with van der Waals surface area (Å²) in [5.41, 5.74) is 5.96. The molecule has 0 aromatic rings. The summed E-state index contributed by atoms with van der Waals surface area (Å²) in [5.74, 6) is 0.624. The Labute approximate surface area is 68.5 Å². The van der Waals surface area contributed by atoms with E-state index >= 15 is 0 Å². The SMILES string of the molecule is CN(C)C(N)C1CCOCC1. The van der Waals surface area contributed by atoms with Crippen LogP contribution in [0.15, 0.2) is 0 Å². The minimum atomic E-state index is 0.207. The van der Waals surface area contributed by atoms with Crippen LogP contribution in [0.1, 0.15) is 12.8 Å². The van der Waals surface area contributed by atoms with E-state index in [9.17, 15) is 0 Å². The highest BCUT2D eigenvalue weighted by molar-refractivity contribution is 4.72. The van der Waals surface area contributed by atoms with E-state index in [0.29, 0.717) is 5.92 Å². The van der Waals surface area contributed by atoms with Crippen molar-refractivity contribution in [3.8, 4) is 0 Å². The van der Waals surface area contributed by atoms with Gasteiger partial charge in [-0.1, -0.05) is 0 Å². The van der Waals surface area contributed by atoms with Crippen LogP contribution in [0.3, 0.4) is 0 Å². The van der Waals surface area contributed by atoms with Crippen LogP contribution in [0.5, 0.6) is 0 Å². The molecule has 0 aromatic carbocycles. The van der Waals surface area contributed by atoms with E-state index in [4.69, 9.17) is 10.5 Å². The number of rotatable bonds is 2. The summed E-state index contributed by atoms with van der Waals surface area (Å²) < 4.78 is 5.26. The van der Waals surface area contributed by atoms with Crippen molar-refractivity contribution in [1.82, 2.24) is 4.90 Å². The van der Waals surface area contributed by atoms with Gasteiger partial charge in [-0.15, -0.1) is 0 Å². The molecule has 1 heterocycles. The van der Waals surface area contributed by atoms with E-state index in [2.05, 4.69) is 4.90 Å². The second-order valence-electron chi connectivity index (χ2n) is 3.40. The molecule has 11 heavy (non-hydrogen) atoms. The smallest absolute Gasteiger partial charge is 0.0597 e. The first kappa shape index (κ1) is 8.97. The standard InChI is InChI=1S/C8H18N2O/c1-10(2)8(9)7-3-5-11-6-4-7/h7-8H,3-6,9H2,1-2H3. The zero-order valence-corrected chi connectivity index (χ0v) is 7.42. The van der Waals surface area contributed by atoms with E-state index in [1.54, 1.807) is 0 Å². The monoisotopic (exact) mass is 158 g/mol. The molecule has 1 atom stereocenters. The maximum Gasteiger partial charge on any atom is 0.0597 e. The lowest BCUT2D eigenvalue weighted by Gasteiger charge is -2.31. The number of nitrogens with two attached hydrogens (primary N) is 1. The summed E-state index contributed by atoms with van der Waals surface area (Å²) in [5, 5.41) is 0. The summed E-state index contributed by atoms with van der Waals surface area (Å²) >= 11 is 0. The Morgan fingerprint density at radius 2 is 1.91 bits per heavy atom. The molecule has 0 bridgehead atoms. The summed E-state index contributed by atoms with van der Waals surface area (Å²) in [6.45, 7) is 1.76. The molecule has 0 saturated carbocycles. The van der Waals surface area contributed by atoms with Gasteiger partial charge in [-0.25, -0.2) is 0 Å². The summed E-state index contributed by atoms with van der Waals surface area (Å²) in [7, 11) is 4.06. The Hall–Kier alpha value is -0.120. The molecule has 0 aliphatic carbocycles. The summed E-state index contributed by atoms with van der Waals surface area (Å²) in [6, 6.07) is 0. The molecular weight excluding hydrogens is 140 g/mol. The van der Waals surface area contributed by atoms with Gasteiger partial charge >= 0.3 is 0 Å². The molecule has 1 saturated heterocycles. The first-order chi connectivity index (χ1) is 5.22. The fourth-order valence-corrected chi connectivity index (χ4v) is 1.48. The van der Waals surface area contributed by atoms with Crippen LogP contribution in [-0.4, -0.2) is 38.4 Å². The van der Waals surface area contributed by atoms with Crippen molar-refractivity contribution in [1.29, 1.82) is 0 Å². The van der Waals surface area contributed by atoms with Crippen LogP contribution >= 0.6 is 0 Å². The second kappa shape index (κ2) is 4.04. The van der Waals surface area contributed by atoms with Gasteiger partial charge in [0, 0.05) is 13.2 Å². The quantitative estimate of drug-likeness (QED) is 0.586. The third-order valence-corrected chi connectivity index (χ3v) is 2.35. The van der Waals surface area contributed by atoms with E-state index in [1.165, 1.54) is 0 Å². The van der Waals surface area contributed by atoms with Crippen molar-refractivity contribution in [3.63, 3.8) is 0 Å². The van der Waals surface area contributed by atoms with Gasteiger partial charge < -0.3 is 10.5 Å². The van der Waals surface area contributed by atoms with E-state index < -0.39 is 0 Å². The largest absolute Gasteiger partial charge is 0.381 e. The molecule has 1 aliphatic heterocycles. The van der Waals surface area contributed by atoms with Crippen molar-refractivity contribution in [3.05, 3.63) is 0 Å². The molecule has 0 amide bonds. The van der Waals surface area contributed by atoms with Crippen LogP contribution in [0.4, 0.5) is 0 Å². The lowest BCUT2D eigenvalue weighted by Crippen LogP contribution is -2.44. The van der Waals surface area contributed by atoms with Crippen molar-refractivity contribution in [2.45, 2.75) is 19.0 Å². The average Bonchev–Trinajstić information content (AvgIpc) is 2.05. The lowest BCUT2D eigenvalue weighted by molar-refractivity contribution is 0.0381. The van der Waals surface area contributed by atoms with E-state index in [-0.39, 0.29) is 6.17 Å². The highest BCUT2D eigenvalue weighted by Gasteiger charge is 2.21. The number of hydrogen-bond donors (Lipinski definition) is 1. The maximum atomic E-state index is 5.96. The zero-order chi connectivity index (χ0) is 8.27. The van der Waals surface area contributed by atoms with Gasteiger partial charge in [0.05, 0.1) is 6.17 Å². The highest BCUT2D eigenvalue weighted by atomic mass is 16.5. The maximum absolute atomic E-state index is 5.96. The number of nitrogens with zero attached hydrogens (tertiary/aromatic N) is 1. The molecule has 2 N–H and O–H groups in total. The van der Waals surface area contributed by atoms with E-state index in [0.717, 1.165) is 26.1 Å². The fraction of sp³-hybridized carbons (Fsp3) is 1.00. The molecule has 1 rings (SSSR count). The Morgan fingerprint density at radius 3 is 2.36 bits per heavy atom. The second-order valence-corrected chi connectivity index (χ2v) is 3.40. The van der Waals surface area contributed by atoms with Gasteiger partial charge in [-0.3, -0.25) is 4.90 Å². The van der Waals surface area contributed by atoms with Gasteiger partial charge in [0.25, 0.3) is 0 Å². The van der Waals surface area contributed by atoms with Crippen LogP contribution in [0, 0.1) is 5.92 Å². The minimum absolute atomic E-state index is 0.207. The third-order valence-electron chi connectivity index (χ3n) is 2.35. The van der Waals surface area contributed by atoms with Crippen molar-refractivity contribution in [2.24, 2.45) is 11.7 Å². The summed E-state index contributed by atoms with van der Waals surface area (Å²) in [6.07, 6.45) is 2.43. The third kappa shape index (κ3) is 2.43. The topological polar surface area (TPSA) is 38.5 Å². The van der Waals surface area contributed by atoms with Gasteiger partial charge in [0.2, 0.25) is 0 Å². The normalized spacial score (nSPS) is 24.0. The molecule has 1 unspecified atom stereocenters. The van der Waals surface area contributed by atoms with Crippen molar-refractivity contribution in [2.75, 3.05) is 27.3 Å². The van der Waals surface area contributed by atoms with Crippen molar-refractivity contribution < 1.29 is 4.74 Å². The van der Waals surface area contributed by atoms with E-state index in [1.807, 2.05) is 14.1 Å². The van der Waals surface area contributed by atoms with Crippen LogP contribution in [0.2, 0.25) is 0 Å². The molecule has 0 radical (unpaired) electrons. The molecule has 1 fully saturated rings.